The number of unbranched alkanes of at least 4 members (excludes halogenated alkanes) is 1. The van der Waals surface area contributed by atoms with Crippen LogP contribution in [0, 0.1) is 6.92 Å². The summed E-state index contributed by atoms with van der Waals surface area (Å²) in [6.07, 6.45) is 2.10. The Bertz CT molecular complexity index is 1100. The zero-order chi connectivity index (χ0) is 18.8. The molecule has 3 aromatic carbocycles. The molecule has 0 bridgehead atoms. The first-order valence-electron chi connectivity index (χ1n) is 9.26. The molecule has 27 heavy (non-hydrogen) atoms. The van der Waals surface area contributed by atoms with Gasteiger partial charge in [-0.15, -0.1) is 5.10 Å². The second-order valence-electron chi connectivity index (χ2n) is 6.83. The molecule has 4 aromatic rings. The molecule has 0 fully saturated rings. The number of tetrazole rings is 1. The van der Waals surface area contributed by atoms with Gasteiger partial charge in [-0.05, 0) is 63.9 Å². The van der Waals surface area contributed by atoms with Crippen LogP contribution in [-0.2, 0) is 6.54 Å². The molecule has 5 nitrogen and oxygen atoms in total. The number of hydrogen-bond donors (Lipinski definition) is 1. The molecule has 0 saturated heterocycles. The van der Waals surface area contributed by atoms with Gasteiger partial charge in [0, 0.05) is 17.7 Å². The number of hydrogen-bond acceptors (Lipinski definition) is 4. The summed E-state index contributed by atoms with van der Waals surface area (Å²) >= 11 is 0. The lowest BCUT2D eigenvalue weighted by atomic mass is 9.96. The van der Waals surface area contributed by atoms with E-state index in [1.807, 2.05) is 35.9 Å². The number of phenolic OH excluding ortho intramolecular Hbond substituents is 1. The lowest BCUT2D eigenvalue weighted by Crippen LogP contribution is -2.03. The fraction of sp³-hybridized carbons (Fsp3) is 0.227. The second kappa shape index (κ2) is 7.19. The minimum atomic E-state index is 0.263. The summed E-state index contributed by atoms with van der Waals surface area (Å²) in [7, 11) is 0. The van der Waals surface area contributed by atoms with E-state index in [0.29, 0.717) is 0 Å². The van der Waals surface area contributed by atoms with Gasteiger partial charge in [0.2, 0.25) is 0 Å². The van der Waals surface area contributed by atoms with Crippen molar-refractivity contribution in [3.63, 3.8) is 0 Å². The predicted octanol–water partition coefficient (Wildman–Crippen LogP) is 4.97. The highest BCUT2D eigenvalue weighted by Crippen LogP contribution is 2.36. The molecule has 0 saturated carbocycles. The third-order valence-corrected chi connectivity index (χ3v) is 4.90. The van der Waals surface area contributed by atoms with Crippen molar-refractivity contribution in [2.24, 2.45) is 0 Å². The van der Waals surface area contributed by atoms with E-state index in [9.17, 15) is 5.11 Å². The van der Waals surface area contributed by atoms with E-state index in [-0.39, 0.29) is 5.75 Å². The average Bonchev–Trinajstić information content (AvgIpc) is 3.14. The van der Waals surface area contributed by atoms with Crippen LogP contribution in [0.5, 0.6) is 5.75 Å². The lowest BCUT2D eigenvalue weighted by molar-refractivity contribution is 0.477. The van der Waals surface area contributed by atoms with E-state index in [1.54, 1.807) is 6.07 Å². The van der Waals surface area contributed by atoms with Gasteiger partial charge in [-0.1, -0.05) is 49.7 Å². The molecule has 1 heterocycles. The van der Waals surface area contributed by atoms with Crippen LogP contribution < -0.4 is 0 Å². The molecular formula is C22H22N4O. The molecule has 0 aliphatic carbocycles. The fourth-order valence-corrected chi connectivity index (χ4v) is 3.38. The normalized spacial score (nSPS) is 11.2. The van der Waals surface area contributed by atoms with Crippen LogP contribution in [0.15, 0.2) is 54.6 Å². The second-order valence-corrected chi connectivity index (χ2v) is 6.83. The van der Waals surface area contributed by atoms with E-state index in [1.165, 1.54) is 5.39 Å². The SMILES string of the molecule is CCCCn1nnnc1-c1cc(-c2ccc3ccccc3c2)c(O)cc1C. The molecule has 0 amide bonds. The summed E-state index contributed by atoms with van der Waals surface area (Å²) in [5.41, 5.74) is 3.65. The summed E-state index contributed by atoms with van der Waals surface area (Å²) in [6, 6.07) is 18.2. The van der Waals surface area contributed by atoms with E-state index in [2.05, 4.69) is 46.7 Å². The minimum absolute atomic E-state index is 0.263. The van der Waals surface area contributed by atoms with Crippen molar-refractivity contribution in [2.45, 2.75) is 33.2 Å². The maximum atomic E-state index is 10.6. The van der Waals surface area contributed by atoms with Crippen LogP contribution in [0.4, 0.5) is 0 Å². The van der Waals surface area contributed by atoms with Gasteiger partial charge in [0.15, 0.2) is 5.82 Å². The molecule has 0 unspecified atom stereocenters. The molecule has 0 aliphatic heterocycles. The Morgan fingerprint density at radius 3 is 2.59 bits per heavy atom. The van der Waals surface area contributed by atoms with Gasteiger partial charge in [0.1, 0.15) is 5.75 Å². The summed E-state index contributed by atoms with van der Waals surface area (Å²) in [5.74, 6) is 1.00. The Balaban J connectivity index is 1.83. The number of aromatic hydroxyl groups is 1. The Labute approximate surface area is 158 Å². The Hall–Kier alpha value is -3.21. The standard InChI is InChI=1S/C22H22N4O/c1-3-4-11-26-22(23-24-25-26)19-14-20(21(27)12-15(19)2)18-10-9-16-7-5-6-8-17(16)13-18/h5-10,12-14,27H,3-4,11H2,1-2H3. The highest BCUT2D eigenvalue weighted by Gasteiger charge is 2.15. The quantitative estimate of drug-likeness (QED) is 0.547. The van der Waals surface area contributed by atoms with Crippen LogP contribution in [0.3, 0.4) is 0 Å². The van der Waals surface area contributed by atoms with Crippen LogP contribution in [0.1, 0.15) is 25.3 Å². The fourth-order valence-electron chi connectivity index (χ4n) is 3.38. The number of aryl methyl sites for hydroxylation is 2. The number of rotatable bonds is 5. The molecule has 0 aliphatic rings. The monoisotopic (exact) mass is 358 g/mol. The van der Waals surface area contributed by atoms with Crippen LogP contribution in [0.25, 0.3) is 33.3 Å². The third kappa shape index (κ3) is 3.28. The first-order valence-corrected chi connectivity index (χ1v) is 9.26. The molecule has 0 atom stereocenters. The van der Waals surface area contributed by atoms with Crippen molar-refractivity contribution in [1.82, 2.24) is 20.2 Å². The van der Waals surface area contributed by atoms with E-state index in [0.717, 1.165) is 52.9 Å². The molecule has 0 radical (unpaired) electrons. The molecule has 4 rings (SSSR count). The zero-order valence-electron chi connectivity index (χ0n) is 15.6. The van der Waals surface area contributed by atoms with Crippen LogP contribution in [0.2, 0.25) is 0 Å². The highest BCUT2D eigenvalue weighted by atomic mass is 16.3. The maximum Gasteiger partial charge on any atom is 0.182 e. The van der Waals surface area contributed by atoms with Gasteiger partial charge < -0.3 is 5.11 Å². The number of aromatic nitrogens is 4. The molecule has 0 spiro atoms. The topological polar surface area (TPSA) is 63.8 Å². The maximum absolute atomic E-state index is 10.6. The Morgan fingerprint density at radius 1 is 0.963 bits per heavy atom. The predicted molar refractivity (Wildman–Crippen MR) is 108 cm³/mol. The largest absolute Gasteiger partial charge is 0.507 e. The van der Waals surface area contributed by atoms with E-state index < -0.39 is 0 Å². The molecule has 136 valence electrons. The van der Waals surface area contributed by atoms with Crippen molar-refractivity contribution in [3.05, 3.63) is 60.2 Å². The van der Waals surface area contributed by atoms with Crippen molar-refractivity contribution in [3.8, 4) is 28.3 Å². The first-order chi connectivity index (χ1) is 13.2. The average molecular weight is 358 g/mol. The van der Waals surface area contributed by atoms with Gasteiger partial charge in [0.25, 0.3) is 0 Å². The van der Waals surface area contributed by atoms with Crippen LogP contribution in [-0.4, -0.2) is 25.3 Å². The third-order valence-electron chi connectivity index (χ3n) is 4.90. The minimum Gasteiger partial charge on any atom is -0.507 e. The lowest BCUT2D eigenvalue weighted by Gasteiger charge is -2.12. The number of phenols is 1. The summed E-state index contributed by atoms with van der Waals surface area (Å²) in [5, 5.41) is 25.1. The van der Waals surface area contributed by atoms with Crippen molar-refractivity contribution in [2.75, 3.05) is 0 Å². The molecular weight excluding hydrogens is 336 g/mol. The van der Waals surface area contributed by atoms with Crippen molar-refractivity contribution in [1.29, 1.82) is 0 Å². The smallest absolute Gasteiger partial charge is 0.182 e. The van der Waals surface area contributed by atoms with E-state index >= 15 is 0 Å². The van der Waals surface area contributed by atoms with Crippen molar-refractivity contribution < 1.29 is 5.11 Å². The molecule has 1 aromatic heterocycles. The Morgan fingerprint density at radius 2 is 1.78 bits per heavy atom. The number of nitrogens with zero attached hydrogens (tertiary/aromatic N) is 4. The van der Waals surface area contributed by atoms with Gasteiger partial charge >= 0.3 is 0 Å². The summed E-state index contributed by atoms with van der Waals surface area (Å²) in [6.45, 7) is 4.90. The van der Waals surface area contributed by atoms with Crippen LogP contribution >= 0.6 is 0 Å². The van der Waals surface area contributed by atoms with E-state index in [4.69, 9.17) is 0 Å². The molecule has 1 N–H and O–H groups in total. The van der Waals surface area contributed by atoms with Gasteiger partial charge in [-0.25, -0.2) is 4.68 Å². The van der Waals surface area contributed by atoms with Gasteiger partial charge in [-0.2, -0.15) is 0 Å². The summed E-state index contributed by atoms with van der Waals surface area (Å²) < 4.78 is 1.84. The first kappa shape index (κ1) is 17.2. The Kier molecular flexibility index (Phi) is 4.59. The number of benzene rings is 3. The zero-order valence-corrected chi connectivity index (χ0v) is 15.6. The number of fused-ring (bicyclic) bond motifs is 1. The summed E-state index contributed by atoms with van der Waals surface area (Å²) in [4.78, 5) is 0. The van der Waals surface area contributed by atoms with Gasteiger partial charge in [0.05, 0.1) is 0 Å². The molecule has 5 heteroatoms. The van der Waals surface area contributed by atoms with Crippen molar-refractivity contribution >= 4 is 10.8 Å². The van der Waals surface area contributed by atoms with Gasteiger partial charge in [-0.3, -0.25) is 0 Å². The highest BCUT2D eigenvalue weighted by molar-refractivity contribution is 5.89.